The minimum atomic E-state index is -5.12. The number of aliphatic hydroxyl groups excluding tert-OH is 2. The zero-order chi connectivity index (χ0) is 47.1. The van der Waals surface area contributed by atoms with Gasteiger partial charge in [-0.2, -0.15) is 38.6 Å². The maximum Gasteiger partial charge on any atom is 1.00 e. The van der Waals surface area contributed by atoms with Gasteiger partial charge in [-0.15, -0.1) is 0 Å². The second-order valence-electron chi connectivity index (χ2n) is 12.4. The van der Waals surface area contributed by atoms with Crippen molar-refractivity contribution in [3.63, 3.8) is 0 Å². The van der Waals surface area contributed by atoms with Crippen molar-refractivity contribution in [2.75, 3.05) is 47.7 Å². The first-order valence-corrected chi connectivity index (χ1v) is 22.4. The Balaban J connectivity index is -0.00000630. The van der Waals surface area contributed by atoms with E-state index in [-0.39, 0.29) is 226 Å². The van der Waals surface area contributed by atoms with Gasteiger partial charge in [0.2, 0.25) is 23.8 Å². The summed E-state index contributed by atoms with van der Waals surface area (Å²) in [6, 6.07) is 19.1. The van der Waals surface area contributed by atoms with Gasteiger partial charge in [-0.25, -0.2) is 16.8 Å². The second kappa shape index (κ2) is 37.5. The number of anilines is 8. The molecule has 380 valence electrons. The Morgan fingerprint density at radius 1 is 0.514 bits per heavy atom. The van der Waals surface area contributed by atoms with Crippen molar-refractivity contribution in [1.82, 2.24) is 29.9 Å². The van der Waals surface area contributed by atoms with Gasteiger partial charge in [-0.05, 0) is 83.9 Å². The minimum Gasteiger partial charge on any atom is -0.744 e. The molecule has 2 aromatic heterocycles. The van der Waals surface area contributed by atoms with Gasteiger partial charge < -0.3 is 60.6 Å². The molecule has 0 atom stereocenters. The SMILES string of the molecule is C.C.C.C.O=S(=O)([O-])c1ccc(Nc2nc(Nc3ccc(/C=C/c4ccc(Nc5nc(Nc6ccc(SOO[O-])cc6)nc(OCCO)n5)cc4S(=O)(=O)[O-])c(SOO[O-])c3)nc(OCCO)n2)cc1.[Na+].[Na+].[Na+].[Na+]. The van der Waals surface area contributed by atoms with Gasteiger partial charge in [0, 0.05) is 32.5 Å². The number of aliphatic hydroxyl groups is 2. The molecule has 6 N–H and O–H groups in total. The minimum absolute atomic E-state index is 0. The van der Waals surface area contributed by atoms with Crippen LogP contribution in [-0.4, -0.2) is 92.5 Å². The molecule has 0 spiro atoms. The third kappa shape index (κ3) is 24.1. The summed E-state index contributed by atoms with van der Waals surface area (Å²) in [5.74, 6) is -0.368. The van der Waals surface area contributed by atoms with Crippen molar-refractivity contribution >= 4 is 103 Å². The van der Waals surface area contributed by atoms with E-state index in [0.29, 0.717) is 51.6 Å². The van der Waals surface area contributed by atoms with Crippen LogP contribution < -0.4 is 159 Å². The van der Waals surface area contributed by atoms with Crippen LogP contribution in [0.2, 0.25) is 0 Å². The number of benzene rings is 4. The average Bonchev–Trinajstić information content (AvgIpc) is 3.28. The van der Waals surface area contributed by atoms with Crippen LogP contribution in [-0.2, 0) is 39.0 Å². The molecule has 0 aliphatic carbocycles. The van der Waals surface area contributed by atoms with E-state index in [4.69, 9.17) is 9.47 Å². The molecule has 34 heteroatoms. The standard InChI is InChI=1S/C36H34N10O16S4.4CH4.4Na/c47-15-17-57-35-44-32(38-24-9-13-28(14-10-24)65(51,52)53)41-33(45-35)39-25-5-3-21(29(19-25)64-62-60-50)1-2-22-4-6-26(20-30(22)66(54,55)56)40-34-42-31(43-36(46-34)58-18-16-48)37-23-7-11-27(12-8-23)63-61-59-49;;;;;;;;/h1-14,19-20,47-50H,15-18H2,(H,51,52,53)(H,54,55,56)(H2,37,40,42,43,46)(H2,38,39,41,44,45);4*1H4;;;;/q;;;;;4*+1/p-4/b2-1+;;;;;;;;. The maximum absolute atomic E-state index is 12.6. The number of hydrogen-bond donors (Lipinski definition) is 6. The van der Waals surface area contributed by atoms with E-state index < -0.39 is 30.0 Å². The second-order valence-corrected chi connectivity index (χ2v) is 16.7. The first-order chi connectivity index (χ1) is 31.7. The molecule has 0 unspecified atom stereocenters. The Bertz CT molecular complexity index is 2880. The van der Waals surface area contributed by atoms with Gasteiger partial charge in [0.15, 0.2) is 0 Å². The molecule has 0 fully saturated rings. The first-order valence-electron chi connectivity index (χ1n) is 18.1. The third-order valence-corrected chi connectivity index (χ3v) is 10.9. The van der Waals surface area contributed by atoms with Crippen molar-refractivity contribution in [1.29, 1.82) is 0 Å². The smallest absolute Gasteiger partial charge is 0.744 e. The fourth-order valence-electron chi connectivity index (χ4n) is 5.23. The Labute approximate surface area is 524 Å². The zero-order valence-electron chi connectivity index (χ0n) is 37.0. The molecular formula is C40H46N10Na4O16S4. The summed E-state index contributed by atoms with van der Waals surface area (Å²) in [5.41, 5.74) is 1.44. The molecule has 74 heavy (non-hydrogen) atoms. The number of aromatic nitrogens is 6. The molecule has 6 aromatic rings. The molecule has 0 aliphatic rings. The van der Waals surface area contributed by atoms with Gasteiger partial charge in [-0.1, -0.05) is 54.0 Å². The number of hydrogen-bond acceptors (Lipinski definition) is 28. The summed E-state index contributed by atoms with van der Waals surface area (Å²) in [7, 11) is -9.81. The number of nitrogens with zero attached hydrogens (tertiary/aromatic N) is 6. The molecule has 0 aliphatic heterocycles. The Morgan fingerprint density at radius 3 is 1.34 bits per heavy atom. The van der Waals surface area contributed by atoms with Crippen molar-refractivity contribution in [2.24, 2.45) is 0 Å². The number of rotatable bonds is 24. The molecule has 0 radical (unpaired) electrons. The van der Waals surface area contributed by atoms with E-state index in [9.17, 15) is 46.7 Å². The van der Waals surface area contributed by atoms with Crippen LogP contribution in [0.3, 0.4) is 0 Å². The Hall–Kier alpha value is -2.36. The van der Waals surface area contributed by atoms with E-state index in [2.05, 4.69) is 69.9 Å². The predicted molar refractivity (Wildman–Crippen MR) is 252 cm³/mol. The molecule has 0 amide bonds. The molecule has 6 rings (SSSR count). The van der Waals surface area contributed by atoms with Crippen molar-refractivity contribution in [3.05, 3.63) is 96.1 Å². The molecule has 0 saturated heterocycles. The summed E-state index contributed by atoms with van der Waals surface area (Å²) >= 11 is 1.17. The number of ether oxygens (including phenoxy) is 2. The zero-order valence-corrected chi connectivity index (χ0v) is 48.3. The van der Waals surface area contributed by atoms with Gasteiger partial charge >= 0.3 is 130 Å². The molecule has 0 saturated carbocycles. The van der Waals surface area contributed by atoms with Crippen LogP contribution in [0.15, 0.2) is 105 Å². The van der Waals surface area contributed by atoms with Gasteiger partial charge in [0.05, 0.1) is 47.1 Å². The van der Waals surface area contributed by atoms with Crippen molar-refractivity contribution in [3.8, 4) is 12.0 Å². The average molecular weight is 1140 g/mol. The van der Waals surface area contributed by atoms with Gasteiger partial charge in [-0.3, -0.25) is 10.1 Å². The molecule has 2 heterocycles. The van der Waals surface area contributed by atoms with Crippen LogP contribution in [0.25, 0.3) is 12.2 Å². The molecule has 4 aromatic carbocycles. The largest absolute Gasteiger partial charge is 1.00 e. The van der Waals surface area contributed by atoms with E-state index >= 15 is 0 Å². The van der Waals surface area contributed by atoms with Crippen LogP contribution in [0.5, 0.6) is 12.0 Å². The van der Waals surface area contributed by atoms with E-state index in [1.54, 1.807) is 30.3 Å². The number of nitrogens with one attached hydrogen (secondary N) is 4. The van der Waals surface area contributed by atoms with Crippen LogP contribution in [0, 0.1) is 0 Å². The molecular weight excluding hydrogens is 1100 g/mol. The fraction of sp³-hybridized carbons (Fsp3) is 0.200. The van der Waals surface area contributed by atoms with Crippen LogP contribution in [0.1, 0.15) is 40.8 Å². The van der Waals surface area contributed by atoms with Crippen LogP contribution in [0.4, 0.5) is 46.5 Å². The molecule has 26 nitrogen and oxygen atoms in total. The van der Waals surface area contributed by atoms with Crippen molar-refractivity contribution < 1.29 is 193 Å². The monoisotopic (exact) mass is 1140 g/mol. The molecule has 0 bridgehead atoms. The Morgan fingerprint density at radius 2 is 0.905 bits per heavy atom. The van der Waals surface area contributed by atoms with E-state index in [0.717, 1.165) is 18.2 Å². The summed E-state index contributed by atoms with van der Waals surface area (Å²) < 4.78 is 91.3. The summed E-state index contributed by atoms with van der Waals surface area (Å²) in [4.78, 5) is 24.8. The van der Waals surface area contributed by atoms with Gasteiger partial charge in [0.1, 0.15) is 33.5 Å². The topological polar surface area (TPSA) is 382 Å². The maximum atomic E-state index is 12.6. The Kier molecular flexibility index (Phi) is 38.4. The summed E-state index contributed by atoms with van der Waals surface area (Å²) in [5, 5.41) is 57.9. The third-order valence-electron chi connectivity index (χ3n) is 7.95. The van der Waals surface area contributed by atoms with E-state index in [1.807, 2.05) is 0 Å². The predicted octanol–water partition coefficient (Wildman–Crippen LogP) is -7.23. The van der Waals surface area contributed by atoms with E-state index in [1.165, 1.54) is 48.6 Å². The van der Waals surface area contributed by atoms with Gasteiger partial charge in [0.25, 0.3) is 0 Å². The normalized spacial score (nSPS) is 10.4. The fourth-order valence-corrected chi connectivity index (χ4v) is 7.25. The van der Waals surface area contributed by atoms with Crippen LogP contribution >= 0.6 is 24.1 Å². The summed E-state index contributed by atoms with van der Waals surface area (Å²) in [6.07, 6.45) is 2.75. The quantitative estimate of drug-likeness (QED) is 0.00819. The van der Waals surface area contributed by atoms with Crippen molar-refractivity contribution in [2.45, 2.75) is 49.3 Å². The summed E-state index contributed by atoms with van der Waals surface area (Å²) in [6.45, 7) is -1.09. The first kappa shape index (κ1) is 75.9.